The summed E-state index contributed by atoms with van der Waals surface area (Å²) in [7, 11) is 0. The molecule has 0 aliphatic carbocycles. The topological polar surface area (TPSA) is 84.4 Å². The quantitative estimate of drug-likeness (QED) is 0.422. The van der Waals surface area contributed by atoms with Crippen molar-refractivity contribution in [1.82, 2.24) is 34.5 Å². The van der Waals surface area contributed by atoms with Crippen LogP contribution in [0, 0.1) is 5.92 Å². The van der Waals surface area contributed by atoms with E-state index in [9.17, 15) is 13.2 Å². The van der Waals surface area contributed by atoms with Gasteiger partial charge in [-0.25, -0.2) is 19.0 Å². The first-order valence-electron chi connectivity index (χ1n) is 10.8. The van der Waals surface area contributed by atoms with Gasteiger partial charge in [0.25, 0.3) is 0 Å². The highest BCUT2D eigenvalue weighted by Crippen LogP contribution is 2.32. The highest BCUT2D eigenvalue weighted by molar-refractivity contribution is 5.78. The van der Waals surface area contributed by atoms with Crippen molar-refractivity contribution in [2.45, 2.75) is 12.2 Å². The number of anilines is 1. The summed E-state index contributed by atoms with van der Waals surface area (Å²) in [5.74, 6) is -1.10. The van der Waals surface area contributed by atoms with E-state index in [1.807, 2.05) is 36.5 Å². The predicted molar refractivity (Wildman–Crippen MR) is 120 cm³/mol. The number of fused-ring (bicyclic) bond motifs is 2. The van der Waals surface area contributed by atoms with Crippen molar-refractivity contribution in [2.75, 3.05) is 18.4 Å². The second-order valence-corrected chi connectivity index (χ2v) is 8.19. The first kappa shape index (κ1) is 20.6. The summed E-state index contributed by atoms with van der Waals surface area (Å²) in [5.41, 5.74) is 4.33. The molecule has 11 heteroatoms. The second kappa shape index (κ2) is 7.80. The van der Waals surface area contributed by atoms with E-state index in [1.165, 1.54) is 0 Å². The van der Waals surface area contributed by atoms with Crippen LogP contribution < -0.4 is 10.6 Å². The molecule has 0 amide bonds. The third-order valence-corrected chi connectivity index (χ3v) is 6.04. The van der Waals surface area contributed by atoms with Gasteiger partial charge in [-0.3, -0.25) is 0 Å². The summed E-state index contributed by atoms with van der Waals surface area (Å²) in [6.07, 6.45) is 1.00. The van der Waals surface area contributed by atoms with Crippen LogP contribution in [-0.2, 0) is 0 Å². The van der Waals surface area contributed by atoms with Gasteiger partial charge in [0.05, 0.1) is 41.3 Å². The fraction of sp³-hybridized carbons (Fsp3) is 0.217. The van der Waals surface area contributed by atoms with Gasteiger partial charge in [-0.05, 0) is 36.4 Å². The maximum Gasteiger partial charge on any atom is 0.395 e. The van der Waals surface area contributed by atoms with Gasteiger partial charge in [0.1, 0.15) is 11.5 Å². The van der Waals surface area contributed by atoms with Gasteiger partial charge >= 0.3 is 6.18 Å². The molecule has 1 aliphatic rings. The average Bonchev–Trinajstić information content (AvgIpc) is 3.56. The fourth-order valence-electron chi connectivity index (χ4n) is 4.35. The Balaban J connectivity index is 1.35. The Bertz CT molecular complexity index is 1490. The highest BCUT2D eigenvalue weighted by atomic mass is 19.4. The van der Waals surface area contributed by atoms with Crippen molar-refractivity contribution in [3.05, 3.63) is 67.1 Å². The van der Waals surface area contributed by atoms with Crippen LogP contribution in [0.5, 0.6) is 0 Å². The molecule has 6 heterocycles. The van der Waals surface area contributed by atoms with Crippen molar-refractivity contribution in [1.29, 1.82) is 0 Å². The van der Waals surface area contributed by atoms with E-state index in [1.54, 1.807) is 39.6 Å². The maximum absolute atomic E-state index is 13.3. The van der Waals surface area contributed by atoms with Gasteiger partial charge in [-0.1, -0.05) is 12.1 Å². The number of nitrogens with zero attached hydrogens (tertiary/aromatic N) is 6. The summed E-state index contributed by atoms with van der Waals surface area (Å²) in [6.45, 7) is 0.112. The standard InChI is InChI=1S/C23H19F3N8/c24-23(25,26)15-11-27-12-18(15)31-21-6-3-4-17(30-21)20-13-28-22-8-7-16(32-34(20)22)14-10-29-33-9-2-1-5-19(14)33/h1-10,13,15,18,27H,11-12H2,(H,30,31)/t15-,18-/m0/s1. The van der Waals surface area contributed by atoms with Crippen LogP contribution in [0.1, 0.15) is 0 Å². The van der Waals surface area contributed by atoms with E-state index in [0.717, 1.165) is 11.1 Å². The molecular weight excluding hydrogens is 445 g/mol. The Morgan fingerprint density at radius 1 is 0.971 bits per heavy atom. The van der Waals surface area contributed by atoms with Crippen molar-refractivity contribution < 1.29 is 13.2 Å². The molecule has 0 radical (unpaired) electrons. The van der Waals surface area contributed by atoms with Crippen molar-refractivity contribution >= 4 is 17.0 Å². The smallest absolute Gasteiger partial charge is 0.365 e. The van der Waals surface area contributed by atoms with E-state index in [-0.39, 0.29) is 13.1 Å². The minimum Gasteiger partial charge on any atom is -0.365 e. The molecule has 1 aliphatic heterocycles. The minimum atomic E-state index is -4.28. The summed E-state index contributed by atoms with van der Waals surface area (Å²) in [5, 5.41) is 14.9. The zero-order valence-corrected chi connectivity index (χ0v) is 17.7. The van der Waals surface area contributed by atoms with E-state index < -0.39 is 18.1 Å². The monoisotopic (exact) mass is 464 g/mol. The van der Waals surface area contributed by atoms with E-state index in [4.69, 9.17) is 5.10 Å². The van der Waals surface area contributed by atoms with E-state index in [2.05, 4.69) is 25.7 Å². The zero-order chi connectivity index (χ0) is 23.3. The molecule has 34 heavy (non-hydrogen) atoms. The highest BCUT2D eigenvalue weighted by Gasteiger charge is 2.47. The van der Waals surface area contributed by atoms with Crippen LogP contribution in [0.25, 0.3) is 33.8 Å². The fourth-order valence-corrected chi connectivity index (χ4v) is 4.35. The molecule has 6 rings (SSSR count). The minimum absolute atomic E-state index is 0.107. The van der Waals surface area contributed by atoms with Crippen molar-refractivity contribution in [3.63, 3.8) is 0 Å². The third-order valence-electron chi connectivity index (χ3n) is 6.04. The molecule has 5 aromatic rings. The molecule has 2 N–H and O–H groups in total. The Hall–Kier alpha value is -3.99. The molecule has 0 unspecified atom stereocenters. The van der Waals surface area contributed by atoms with Crippen molar-refractivity contribution in [2.24, 2.45) is 5.92 Å². The van der Waals surface area contributed by atoms with Crippen LogP contribution in [0.4, 0.5) is 19.0 Å². The molecule has 0 aromatic carbocycles. The molecule has 0 saturated carbocycles. The molecule has 0 spiro atoms. The van der Waals surface area contributed by atoms with Gasteiger partial charge in [0.15, 0.2) is 5.65 Å². The zero-order valence-electron chi connectivity index (χ0n) is 17.7. The molecular formula is C23H19F3N8. The lowest BCUT2D eigenvalue weighted by Crippen LogP contribution is -2.38. The summed E-state index contributed by atoms with van der Waals surface area (Å²) >= 11 is 0. The lowest BCUT2D eigenvalue weighted by atomic mass is 10.0. The molecule has 2 atom stereocenters. The van der Waals surface area contributed by atoms with Crippen LogP contribution in [0.3, 0.4) is 0 Å². The summed E-state index contributed by atoms with van der Waals surface area (Å²) in [6, 6.07) is 14.0. The first-order chi connectivity index (χ1) is 16.5. The largest absolute Gasteiger partial charge is 0.395 e. The Morgan fingerprint density at radius 2 is 1.88 bits per heavy atom. The first-order valence-corrected chi connectivity index (χ1v) is 10.8. The Morgan fingerprint density at radius 3 is 2.76 bits per heavy atom. The Kier molecular flexibility index (Phi) is 4.73. The second-order valence-electron chi connectivity index (χ2n) is 8.19. The van der Waals surface area contributed by atoms with Gasteiger partial charge in [0.2, 0.25) is 0 Å². The molecule has 1 fully saturated rings. The maximum atomic E-state index is 13.3. The lowest BCUT2D eigenvalue weighted by molar-refractivity contribution is -0.170. The van der Waals surface area contributed by atoms with Crippen LogP contribution in [0.15, 0.2) is 67.1 Å². The lowest BCUT2D eigenvalue weighted by Gasteiger charge is -2.22. The Labute approximate surface area is 191 Å². The number of hydrogen-bond donors (Lipinski definition) is 2. The number of nitrogens with one attached hydrogen (secondary N) is 2. The molecule has 1 saturated heterocycles. The SMILES string of the molecule is FC(F)(F)[C@H]1CNC[C@@H]1Nc1cccc(-c2cnc3ccc(-c4cnn5ccccc45)nn23)n1. The predicted octanol–water partition coefficient (Wildman–Crippen LogP) is 3.67. The van der Waals surface area contributed by atoms with Crippen LogP contribution in [0.2, 0.25) is 0 Å². The number of halogens is 3. The third kappa shape index (κ3) is 3.54. The number of pyridine rings is 2. The van der Waals surface area contributed by atoms with E-state index in [0.29, 0.717) is 28.5 Å². The van der Waals surface area contributed by atoms with Gasteiger partial charge < -0.3 is 10.6 Å². The van der Waals surface area contributed by atoms with Gasteiger partial charge in [0, 0.05) is 24.8 Å². The van der Waals surface area contributed by atoms with Crippen molar-refractivity contribution in [3.8, 4) is 22.6 Å². The van der Waals surface area contributed by atoms with Crippen LogP contribution in [-0.4, -0.2) is 54.5 Å². The van der Waals surface area contributed by atoms with E-state index >= 15 is 0 Å². The average molecular weight is 464 g/mol. The number of rotatable bonds is 4. The number of aromatic nitrogens is 6. The number of alkyl halides is 3. The van der Waals surface area contributed by atoms with Crippen LogP contribution >= 0.6 is 0 Å². The molecule has 5 aromatic heterocycles. The normalized spacial score (nSPS) is 18.7. The molecule has 172 valence electrons. The molecule has 0 bridgehead atoms. The number of hydrogen-bond acceptors (Lipinski definition) is 6. The van der Waals surface area contributed by atoms with Gasteiger partial charge in [-0.15, -0.1) is 0 Å². The van der Waals surface area contributed by atoms with Gasteiger partial charge in [-0.2, -0.15) is 23.4 Å². The number of imidazole rings is 1. The summed E-state index contributed by atoms with van der Waals surface area (Å²) < 4.78 is 43.4. The summed E-state index contributed by atoms with van der Waals surface area (Å²) in [4.78, 5) is 8.98. The molecule has 8 nitrogen and oxygen atoms in total.